The first-order valence-corrected chi connectivity index (χ1v) is 6.82. The zero-order valence-electron chi connectivity index (χ0n) is 11.2. The van der Waals surface area contributed by atoms with E-state index in [1.807, 2.05) is 6.07 Å². The number of nitrogens with two attached hydrogens (primary N) is 1. The number of rotatable bonds is 6. The monoisotopic (exact) mass is 248 g/mol. The fourth-order valence-corrected chi connectivity index (χ4v) is 2.42. The molecule has 0 bridgehead atoms. The minimum atomic E-state index is -0.0483. The first kappa shape index (κ1) is 13.5. The fraction of sp³-hybridized carbons (Fsp3) is 0.600. The molecule has 0 saturated carbocycles. The fourth-order valence-electron chi connectivity index (χ4n) is 2.42. The van der Waals surface area contributed by atoms with Gasteiger partial charge >= 0.3 is 0 Å². The van der Waals surface area contributed by atoms with Gasteiger partial charge in [0.15, 0.2) is 0 Å². The molecule has 2 unspecified atom stereocenters. The summed E-state index contributed by atoms with van der Waals surface area (Å²) in [6.07, 6.45) is 3.67. The molecule has 3 nitrogen and oxygen atoms in total. The maximum absolute atomic E-state index is 5.94. The molecule has 1 aliphatic heterocycles. The Labute approximate surface area is 110 Å². The lowest BCUT2D eigenvalue weighted by atomic mass is 9.92. The van der Waals surface area contributed by atoms with Gasteiger partial charge in [-0.25, -0.2) is 0 Å². The number of nitrogens with one attached hydrogen (secondary N) is 1. The summed E-state index contributed by atoms with van der Waals surface area (Å²) in [5, 5.41) is 3.59. The number of ether oxygens (including phenoxy) is 1. The van der Waals surface area contributed by atoms with Crippen LogP contribution in [-0.2, 0) is 11.2 Å². The quantitative estimate of drug-likeness (QED) is 0.806. The molecule has 1 aromatic rings. The van der Waals surface area contributed by atoms with Crippen LogP contribution in [0.1, 0.15) is 25.3 Å². The Morgan fingerprint density at radius 2 is 2.17 bits per heavy atom. The van der Waals surface area contributed by atoms with Gasteiger partial charge in [0, 0.05) is 25.2 Å². The summed E-state index contributed by atoms with van der Waals surface area (Å²) < 4.78 is 5.64. The highest BCUT2D eigenvalue weighted by Gasteiger charge is 2.25. The third kappa shape index (κ3) is 3.80. The van der Waals surface area contributed by atoms with Crippen LogP contribution in [0.5, 0.6) is 0 Å². The maximum Gasteiger partial charge on any atom is 0.0700 e. The predicted octanol–water partition coefficient (Wildman–Crippen LogP) is 1.72. The van der Waals surface area contributed by atoms with Crippen molar-refractivity contribution in [3.05, 3.63) is 35.9 Å². The molecule has 1 aromatic carbocycles. The van der Waals surface area contributed by atoms with Crippen molar-refractivity contribution in [2.45, 2.75) is 37.8 Å². The Morgan fingerprint density at radius 3 is 2.78 bits per heavy atom. The summed E-state index contributed by atoms with van der Waals surface area (Å²) in [6, 6.07) is 10.5. The van der Waals surface area contributed by atoms with Gasteiger partial charge in [-0.1, -0.05) is 30.3 Å². The van der Waals surface area contributed by atoms with Crippen molar-refractivity contribution in [1.29, 1.82) is 0 Å². The average Bonchev–Trinajstić information content (AvgIpc) is 2.91. The largest absolute Gasteiger partial charge is 0.377 e. The van der Waals surface area contributed by atoms with Gasteiger partial charge in [0.1, 0.15) is 0 Å². The second-order valence-electron chi connectivity index (χ2n) is 5.44. The van der Waals surface area contributed by atoms with E-state index in [2.05, 4.69) is 36.5 Å². The van der Waals surface area contributed by atoms with E-state index in [1.54, 1.807) is 0 Å². The van der Waals surface area contributed by atoms with Crippen LogP contribution in [0.15, 0.2) is 30.3 Å². The number of hydrogen-bond donors (Lipinski definition) is 2. The van der Waals surface area contributed by atoms with E-state index in [-0.39, 0.29) is 5.54 Å². The Balaban J connectivity index is 1.88. The minimum Gasteiger partial charge on any atom is -0.377 e. The van der Waals surface area contributed by atoms with E-state index in [9.17, 15) is 0 Å². The van der Waals surface area contributed by atoms with Crippen molar-refractivity contribution < 1.29 is 4.74 Å². The summed E-state index contributed by atoms with van der Waals surface area (Å²) >= 11 is 0. The molecule has 100 valence electrons. The van der Waals surface area contributed by atoms with E-state index in [1.165, 1.54) is 18.4 Å². The number of hydrogen-bond acceptors (Lipinski definition) is 3. The van der Waals surface area contributed by atoms with Gasteiger partial charge in [0.25, 0.3) is 0 Å². The Morgan fingerprint density at radius 1 is 1.39 bits per heavy atom. The van der Waals surface area contributed by atoms with E-state index in [4.69, 9.17) is 10.5 Å². The molecule has 0 radical (unpaired) electrons. The SMILES string of the molecule is CC(CN)(Cc1ccccc1)NCC1CCCO1. The van der Waals surface area contributed by atoms with Crippen LogP contribution in [0, 0.1) is 0 Å². The predicted molar refractivity (Wildman–Crippen MR) is 74.6 cm³/mol. The molecule has 0 spiro atoms. The lowest BCUT2D eigenvalue weighted by molar-refractivity contribution is 0.102. The average molecular weight is 248 g/mol. The molecular formula is C15H24N2O. The molecular weight excluding hydrogens is 224 g/mol. The molecule has 2 rings (SSSR count). The molecule has 0 amide bonds. The highest BCUT2D eigenvalue weighted by molar-refractivity contribution is 5.17. The normalized spacial score (nSPS) is 22.9. The van der Waals surface area contributed by atoms with Crippen LogP contribution in [0.3, 0.4) is 0 Å². The van der Waals surface area contributed by atoms with Gasteiger partial charge in [-0.05, 0) is 31.7 Å². The zero-order chi connectivity index (χ0) is 12.8. The van der Waals surface area contributed by atoms with Crippen LogP contribution in [0.4, 0.5) is 0 Å². The van der Waals surface area contributed by atoms with E-state index < -0.39 is 0 Å². The second kappa shape index (κ2) is 6.32. The highest BCUT2D eigenvalue weighted by Crippen LogP contribution is 2.15. The van der Waals surface area contributed by atoms with Crippen molar-refractivity contribution >= 4 is 0 Å². The third-order valence-electron chi connectivity index (χ3n) is 3.67. The van der Waals surface area contributed by atoms with Crippen LogP contribution in [0.25, 0.3) is 0 Å². The topological polar surface area (TPSA) is 47.3 Å². The summed E-state index contributed by atoms with van der Waals surface area (Å²) in [6.45, 7) is 4.63. The molecule has 1 heterocycles. The van der Waals surface area contributed by atoms with Gasteiger partial charge in [0.2, 0.25) is 0 Å². The van der Waals surface area contributed by atoms with Gasteiger partial charge < -0.3 is 15.8 Å². The van der Waals surface area contributed by atoms with Crippen LogP contribution < -0.4 is 11.1 Å². The summed E-state index contributed by atoms with van der Waals surface area (Å²) in [7, 11) is 0. The van der Waals surface area contributed by atoms with E-state index >= 15 is 0 Å². The molecule has 18 heavy (non-hydrogen) atoms. The van der Waals surface area contributed by atoms with Crippen molar-refractivity contribution in [2.24, 2.45) is 5.73 Å². The smallest absolute Gasteiger partial charge is 0.0700 e. The second-order valence-corrected chi connectivity index (χ2v) is 5.44. The van der Waals surface area contributed by atoms with Crippen molar-refractivity contribution in [2.75, 3.05) is 19.7 Å². The highest BCUT2D eigenvalue weighted by atomic mass is 16.5. The van der Waals surface area contributed by atoms with E-state index in [0.717, 1.165) is 19.6 Å². The van der Waals surface area contributed by atoms with Crippen LogP contribution in [-0.4, -0.2) is 31.3 Å². The lowest BCUT2D eigenvalue weighted by Gasteiger charge is -2.31. The molecule has 1 saturated heterocycles. The molecule has 0 aromatic heterocycles. The molecule has 1 fully saturated rings. The Bertz CT molecular complexity index is 349. The first-order chi connectivity index (χ1) is 8.72. The summed E-state index contributed by atoms with van der Waals surface area (Å²) in [4.78, 5) is 0. The van der Waals surface area contributed by atoms with Gasteiger partial charge in [-0.15, -0.1) is 0 Å². The molecule has 3 heteroatoms. The number of benzene rings is 1. The third-order valence-corrected chi connectivity index (χ3v) is 3.67. The van der Waals surface area contributed by atoms with Crippen LogP contribution in [0.2, 0.25) is 0 Å². The van der Waals surface area contributed by atoms with Crippen molar-refractivity contribution in [3.8, 4) is 0 Å². The first-order valence-electron chi connectivity index (χ1n) is 6.82. The molecule has 1 aliphatic rings. The summed E-state index contributed by atoms with van der Waals surface area (Å²) in [5.74, 6) is 0. The standard InChI is InChI=1S/C15H24N2O/c1-15(12-16,10-13-6-3-2-4-7-13)17-11-14-8-5-9-18-14/h2-4,6-7,14,17H,5,8-12,16H2,1H3. The van der Waals surface area contributed by atoms with Gasteiger partial charge in [-0.2, -0.15) is 0 Å². The maximum atomic E-state index is 5.94. The van der Waals surface area contributed by atoms with Crippen LogP contribution >= 0.6 is 0 Å². The van der Waals surface area contributed by atoms with Crippen molar-refractivity contribution in [3.63, 3.8) is 0 Å². The minimum absolute atomic E-state index is 0.0483. The molecule has 3 N–H and O–H groups in total. The zero-order valence-corrected chi connectivity index (χ0v) is 11.2. The van der Waals surface area contributed by atoms with Gasteiger partial charge in [-0.3, -0.25) is 0 Å². The molecule has 2 atom stereocenters. The Kier molecular flexibility index (Phi) is 4.75. The van der Waals surface area contributed by atoms with Gasteiger partial charge in [0.05, 0.1) is 6.10 Å². The lowest BCUT2D eigenvalue weighted by Crippen LogP contribution is -2.52. The van der Waals surface area contributed by atoms with Crippen molar-refractivity contribution in [1.82, 2.24) is 5.32 Å². The Hall–Kier alpha value is -0.900. The molecule has 0 aliphatic carbocycles. The van der Waals surface area contributed by atoms with E-state index in [0.29, 0.717) is 12.6 Å². The summed E-state index contributed by atoms with van der Waals surface area (Å²) in [5.41, 5.74) is 7.21.